The third-order valence-electron chi connectivity index (χ3n) is 4.98. The van der Waals surface area contributed by atoms with Gasteiger partial charge in [-0.05, 0) is 59.6 Å². The maximum absolute atomic E-state index is 12.0. The van der Waals surface area contributed by atoms with Crippen LogP contribution in [0, 0.1) is 5.41 Å². The van der Waals surface area contributed by atoms with Gasteiger partial charge in [-0.25, -0.2) is 0 Å². The Bertz CT molecular complexity index is 750. The van der Waals surface area contributed by atoms with Crippen LogP contribution < -0.4 is 0 Å². The van der Waals surface area contributed by atoms with Crippen LogP contribution in [-0.4, -0.2) is 10.8 Å². The molecule has 2 aliphatic carbocycles. The number of aromatic nitrogens is 1. The van der Waals surface area contributed by atoms with Crippen LogP contribution in [0.1, 0.15) is 37.8 Å². The third kappa shape index (κ3) is 1.29. The Hall–Kier alpha value is -1.83. The fourth-order valence-electron chi connectivity index (χ4n) is 4.01. The van der Waals surface area contributed by atoms with Gasteiger partial charge in [-0.1, -0.05) is 13.0 Å². The number of aromatic amines is 1. The SMILES string of the molecule is CC1=C2c3ccc4[nH]ccc4c3CC2(C)CCC1=O. The van der Waals surface area contributed by atoms with Gasteiger partial charge in [0.2, 0.25) is 0 Å². The highest BCUT2D eigenvalue weighted by Gasteiger charge is 2.43. The number of H-pyrrole nitrogens is 1. The minimum atomic E-state index is 0.159. The van der Waals surface area contributed by atoms with E-state index >= 15 is 0 Å². The van der Waals surface area contributed by atoms with Crippen LogP contribution in [-0.2, 0) is 11.2 Å². The van der Waals surface area contributed by atoms with E-state index in [2.05, 4.69) is 30.1 Å². The van der Waals surface area contributed by atoms with Crippen molar-refractivity contribution >= 4 is 22.3 Å². The minimum Gasteiger partial charge on any atom is -0.361 e. The van der Waals surface area contributed by atoms with Gasteiger partial charge in [0.15, 0.2) is 5.78 Å². The molecule has 0 bridgehead atoms. The number of fused-ring (bicyclic) bond motifs is 5. The summed E-state index contributed by atoms with van der Waals surface area (Å²) in [5, 5.41) is 1.32. The number of carbonyl (C=O) groups excluding carboxylic acids is 1. The van der Waals surface area contributed by atoms with Gasteiger partial charge in [0.1, 0.15) is 0 Å². The number of carbonyl (C=O) groups is 1. The number of hydrogen-bond acceptors (Lipinski definition) is 1. The van der Waals surface area contributed by atoms with E-state index in [1.165, 1.54) is 27.6 Å². The first-order valence-corrected chi connectivity index (χ1v) is 6.94. The first-order valence-electron chi connectivity index (χ1n) is 6.94. The second kappa shape index (κ2) is 3.38. The number of Topliss-reactive ketones (excluding diaryl/α,β-unsaturated/α-hetero) is 1. The molecular weight excluding hydrogens is 234 g/mol. The van der Waals surface area contributed by atoms with Gasteiger partial charge < -0.3 is 4.98 Å². The van der Waals surface area contributed by atoms with Crippen molar-refractivity contribution in [2.24, 2.45) is 5.41 Å². The average molecular weight is 251 g/mol. The Kier molecular flexibility index (Phi) is 1.96. The summed E-state index contributed by atoms with van der Waals surface area (Å²) in [7, 11) is 0. The molecular formula is C17H17NO. The van der Waals surface area contributed by atoms with Gasteiger partial charge in [-0.15, -0.1) is 0 Å². The lowest BCUT2D eigenvalue weighted by Crippen LogP contribution is -2.24. The van der Waals surface area contributed by atoms with Crippen molar-refractivity contribution in [1.82, 2.24) is 4.98 Å². The van der Waals surface area contributed by atoms with E-state index in [0.717, 1.165) is 18.4 Å². The molecule has 1 atom stereocenters. The topological polar surface area (TPSA) is 32.9 Å². The highest BCUT2D eigenvalue weighted by molar-refractivity contribution is 6.07. The van der Waals surface area contributed by atoms with Crippen molar-refractivity contribution in [3.05, 3.63) is 41.1 Å². The lowest BCUT2D eigenvalue weighted by molar-refractivity contribution is -0.116. The Labute approximate surface area is 112 Å². The number of allylic oxidation sites excluding steroid dienone is 2. The smallest absolute Gasteiger partial charge is 0.158 e. The van der Waals surface area contributed by atoms with Crippen molar-refractivity contribution in [1.29, 1.82) is 0 Å². The molecule has 1 N–H and O–H groups in total. The van der Waals surface area contributed by atoms with Gasteiger partial charge in [-0.2, -0.15) is 0 Å². The Balaban J connectivity index is 2.08. The van der Waals surface area contributed by atoms with Gasteiger partial charge in [-0.3, -0.25) is 4.79 Å². The number of nitrogens with one attached hydrogen (secondary N) is 1. The van der Waals surface area contributed by atoms with Crippen LogP contribution in [0.15, 0.2) is 30.0 Å². The van der Waals surface area contributed by atoms with Crippen molar-refractivity contribution in [3.8, 4) is 0 Å². The highest BCUT2D eigenvalue weighted by Crippen LogP contribution is 2.54. The molecule has 2 aliphatic rings. The van der Waals surface area contributed by atoms with Crippen LogP contribution in [0.5, 0.6) is 0 Å². The third-order valence-corrected chi connectivity index (χ3v) is 4.98. The summed E-state index contributed by atoms with van der Waals surface area (Å²) >= 11 is 0. The van der Waals surface area contributed by atoms with Gasteiger partial charge in [0, 0.05) is 23.5 Å². The molecule has 2 aromatic rings. The molecule has 2 nitrogen and oxygen atoms in total. The molecule has 0 saturated carbocycles. The number of hydrogen-bond donors (Lipinski definition) is 1. The van der Waals surface area contributed by atoms with E-state index in [4.69, 9.17) is 0 Å². The first kappa shape index (κ1) is 11.0. The number of rotatable bonds is 0. The molecule has 4 rings (SSSR count). The zero-order chi connectivity index (χ0) is 13.2. The molecule has 0 saturated heterocycles. The van der Waals surface area contributed by atoms with Gasteiger partial charge >= 0.3 is 0 Å². The van der Waals surface area contributed by atoms with E-state index < -0.39 is 0 Å². The highest BCUT2D eigenvalue weighted by atomic mass is 16.1. The standard InChI is InChI=1S/C17H17NO/c1-10-15(19)5-7-17(2)9-13-11-6-8-18-14(11)4-3-12(13)16(10)17/h3-4,6,8,18H,5,7,9H2,1-2H3. The van der Waals surface area contributed by atoms with Crippen molar-refractivity contribution < 1.29 is 4.79 Å². The molecule has 96 valence electrons. The molecule has 0 fully saturated rings. The molecule has 0 spiro atoms. The first-order chi connectivity index (χ1) is 9.10. The van der Waals surface area contributed by atoms with E-state index in [9.17, 15) is 4.79 Å². The Morgan fingerprint density at radius 1 is 1.26 bits per heavy atom. The van der Waals surface area contributed by atoms with E-state index in [0.29, 0.717) is 12.2 Å². The maximum atomic E-state index is 12.0. The normalized spacial score (nSPS) is 25.9. The fourth-order valence-corrected chi connectivity index (χ4v) is 4.01. The van der Waals surface area contributed by atoms with E-state index in [1.54, 1.807) is 0 Å². The van der Waals surface area contributed by atoms with Crippen molar-refractivity contribution in [3.63, 3.8) is 0 Å². The second-order valence-electron chi connectivity index (χ2n) is 6.19. The van der Waals surface area contributed by atoms with Crippen LogP contribution in [0.2, 0.25) is 0 Å². The van der Waals surface area contributed by atoms with Gasteiger partial charge in [0.05, 0.1) is 0 Å². The number of ketones is 1. The lowest BCUT2D eigenvalue weighted by Gasteiger charge is -2.31. The monoisotopic (exact) mass is 251 g/mol. The van der Waals surface area contributed by atoms with Gasteiger partial charge in [0.25, 0.3) is 0 Å². The van der Waals surface area contributed by atoms with Crippen molar-refractivity contribution in [2.45, 2.75) is 33.1 Å². The zero-order valence-corrected chi connectivity index (χ0v) is 11.3. The molecule has 19 heavy (non-hydrogen) atoms. The average Bonchev–Trinajstić information content (AvgIpc) is 2.95. The largest absolute Gasteiger partial charge is 0.361 e. The summed E-state index contributed by atoms with van der Waals surface area (Å²) in [6, 6.07) is 6.49. The summed E-state index contributed by atoms with van der Waals surface area (Å²) in [6.45, 7) is 4.32. The molecule has 0 radical (unpaired) electrons. The predicted octanol–water partition coefficient (Wildman–Crippen LogP) is 3.87. The quantitative estimate of drug-likeness (QED) is 0.757. The summed E-state index contributed by atoms with van der Waals surface area (Å²) in [5.41, 5.74) is 6.38. The fraction of sp³-hybridized carbons (Fsp3) is 0.353. The van der Waals surface area contributed by atoms with Crippen LogP contribution in [0.4, 0.5) is 0 Å². The van der Waals surface area contributed by atoms with Crippen LogP contribution >= 0.6 is 0 Å². The predicted molar refractivity (Wildman–Crippen MR) is 76.9 cm³/mol. The Morgan fingerprint density at radius 3 is 2.95 bits per heavy atom. The van der Waals surface area contributed by atoms with E-state index in [-0.39, 0.29) is 5.41 Å². The van der Waals surface area contributed by atoms with Crippen LogP contribution in [0.3, 0.4) is 0 Å². The molecule has 0 amide bonds. The minimum absolute atomic E-state index is 0.159. The summed E-state index contributed by atoms with van der Waals surface area (Å²) in [5.74, 6) is 0.328. The molecule has 2 heteroatoms. The zero-order valence-electron chi connectivity index (χ0n) is 11.3. The summed E-state index contributed by atoms with van der Waals surface area (Å²) in [4.78, 5) is 15.3. The van der Waals surface area contributed by atoms with Crippen molar-refractivity contribution in [2.75, 3.05) is 0 Å². The molecule has 0 aliphatic heterocycles. The molecule has 1 aromatic carbocycles. The summed E-state index contributed by atoms with van der Waals surface area (Å²) in [6.07, 6.45) is 4.76. The lowest BCUT2D eigenvalue weighted by atomic mass is 9.71. The van der Waals surface area contributed by atoms with E-state index in [1.807, 2.05) is 13.1 Å². The number of benzene rings is 1. The molecule has 1 unspecified atom stereocenters. The maximum Gasteiger partial charge on any atom is 0.158 e. The molecule has 1 aromatic heterocycles. The molecule has 1 heterocycles. The summed E-state index contributed by atoms with van der Waals surface area (Å²) < 4.78 is 0. The second-order valence-corrected chi connectivity index (χ2v) is 6.19. The Morgan fingerprint density at radius 2 is 2.11 bits per heavy atom. The van der Waals surface area contributed by atoms with Crippen LogP contribution in [0.25, 0.3) is 16.5 Å².